The summed E-state index contributed by atoms with van der Waals surface area (Å²) in [6, 6.07) is 9.62. The third-order valence-electron chi connectivity index (χ3n) is 2.64. The second kappa shape index (κ2) is 6.79. The number of likely N-dealkylation sites (N-methyl/N-ethyl adjacent to an activating group) is 1. The molecule has 0 radical (unpaired) electrons. The van der Waals surface area contributed by atoms with Gasteiger partial charge in [-0.05, 0) is 35.1 Å². The van der Waals surface area contributed by atoms with Crippen molar-refractivity contribution < 1.29 is 4.79 Å². The van der Waals surface area contributed by atoms with Gasteiger partial charge in [0.25, 0.3) is 0 Å². The summed E-state index contributed by atoms with van der Waals surface area (Å²) in [7, 11) is 1.96. The highest BCUT2D eigenvalue weighted by atomic mass is 79.9. The zero-order valence-corrected chi connectivity index (χ0v) is 14.4. The average molecular weight is 403 g/mol. The van der Waals surface area contributed by atoms with Gasteiger partial charge < -0.3 is 0 Å². The normalized spacial score (nSPS) is 10.9. The Morgan fingerprint density at radius 3 is 2.68 bits per heavy atom. The van der Waals surface area contributed by atoms with E-state index in [-0.39, 0.29) is 5.78 Å². The molecule has 1 aromatic carbocycles. The molecule has 0 N–H and O–H groups in total. The highest BCUT2D eigenvalue weighted by Gasteiger charge is 2.12. The second-order valence-electron chi connectivity index (χ2n) is 4.31. The third-order valence-corrected chi connectivity index (χ3v) is 5.01. The first kappa shape index (κ1) is 14.9. The van der Waals surface area contributed by atoms with Crippen molar-refractivity contribution in [2.24, 2.45) is 0 Å². The molecule has 0 aliphatic heterocycles. The van der Waals surface area contributed by atoms with Crippen molar-refractivity contribution in [1.29, 1.82) is 0 Å². The first-order chi connectivity index (χ1) is 9.06. The van der Waals surface area contributed by atoms with Crippen molar-refractivity contribution in [3.05, 3.63) is 55.1 Å². The van der Waals surface area contributed by atoms with Crippen molar-refractivity contribution in [3.8, 4) is 0 Å². The Morgan fingerprint density at radius 2 is 2.05 bits per heavy atom. The molecule has 0 saturated heterocycles. The number of hydrogen-bond donors (Lipinski definition) is 0. The van der Waals surface area contributed by atoms with Crippen LogP contribution in [0.4, 0.5) is 0 Å². The predicted octanol–water partition coefficient (Wildman–Crippen LogP) is 4.59. The van der Waals surface area contributed by atoms with Gasteiger partial charge in [-0.25, -0.2) is 0 Å². The number of carbonyl (C=O) groups excluding carboxylic acids is 1. The molecule has 1 heterocycles. The summed E-state index contributed by atoms with van der Waals surface area (Å²) in [5, 5.41) is 2.05. The van der Waals surface area contributed by atoms with E-state index in [9.17, 15) is 4.79 Å². The van der Waals surface area contributed by atoms with Crippen molar-refractivity contribution in [2.75, 3.05) is 13.6 Å². The van der Waals surface area contributed by atoms with Crippen LogP contribution in [-0.4, -0.2) is 24.3 Å². The molecule has 1 aromatic heterocycles. The molecule has 2 aromatic rings. The van der Waals surface area contributed by atoms with Crippen LogP contribution >= 0.6 is 43.2 Å². The maximum absolute atomic E-state index is 12.2. The van der Waals surface area contributed by atoms with Gasteiger partial charge >= 0.3 is 0 Å². The van der Waals surface area contributed by atoms with Gasteiger partial charge in [-0.15, -0.1) is 11.3 Å². The topological polar surface area (TPSA) is 20.3 Å². The lowest BCUT2D eigenvalue weighted by molar-refractivity contribution is 0.0943. The molecular weight excluding hydrogens is 390 g/mol. The van der Waals surface area contributed by atoms with Crippen LogP contribution in [0.1, 0.15) is 15.2 Å². The molecule has 2 nitrogen and oxygen atoms in total. The van der Waals surface area contributed by atoms with Gasteiger partial charge in [0.15, 0.2) is 5.78 Å². The van der Waals surface area contributed by atoms with Crippen LogP contribution in [0.25, 0.3) is 0 Å². The van der Waals surface area contributed by atoms with Crippen LogP contribution in [0.15, 0.2) is 44.7 Å². The van der Waals surface area contributed by atoms with Gasteiger partial charge in [0.05, 0.1) is 6.54 Å². The first-order valence-corrected chi connectivity index (χ1v) is 8.22. The van der Waals surface area contributed by atoms with E-state index in [4.69, 9.17) is 0 Å². The number of Topliss-reactive ketones (excluding diaryl/α,β-unsaturated/α-hetero) is 1. The largest absolute Gasteiger partial charge is 0.294 e. The van der Waals surface area contributed by atoms with Gasteiger partial charge in [0.2, 0.25) is 0 Å². The smallest absolute Gasteiger partial charge is 0.177 e. The Bertz CT molecular complexity index is 582. The van der Waals surface area contributed by atoms with Crippen molar-refractivity contribution in [3.63, 3.8) is 0 Å². The van der Waals surface area contributed by atoms with E-state index < -0.39 is 0 Å². The maximum Gasteiger partial charge on any atom is 0.177 e. The number of halogens is 2. The molecular formula is C14H13Br2NOS. The average Bonchev–Trinajstić information content (AvgIpc) is 2.74. The zero-order valence-electron chi connectivity index (χ0n) is 10.4. The quantitative estimate of drug-likeness (QED) is 0.681. The van der Waals surface area contributed by atoms with E-state index >= 15 is 0 Å². The molecule has 0 fully saturated rings. The maximum atomic E-state index is 12.2. The summed E-state index contributed by atoms with van der Waals surface area (Å²) >= 11 is 8.55. The lowest BCUT2D eigenvalue weighted by atomic mass is 10.1. The fourth-order valence-electron chi connectivity index (χ4n) is 1.78. The second-order valence-corrected chi connectivity index (χ2v) is 7.07. The Labute approximate surface area is 133 Å². The monoisotopic (exact) mass is 401 g/mol. The van der Waals surface area contributed by atoms with Crippen LogP contribution in [-0.2, 0) is 6.54 Å². The molecule has 0 amide bonds. The molecule has 0 unspecified atom stereocenters. The Balaban J connectivity index is 1.97. The van der Waals surface area contributed by atoms with Crippen LogP contribution < -0.4 is 0 Å². The SMILES string of the molecule is CN(CC(=O)c1ccccc1Br)Cc1cc(Br)cs1. The number of nitrogens with zero attached hydrogens (tertiary/aromatic N) is 1. The predicted molar refractivity (Wildman–Crippen MR) is 86.8 cm³/mol. The summed E-state index contributed by atoms with van der Waals surface area (Å²) in [5.74, 6) is 0.130. The van der Waals surface area contributed by atoms with E-state index in [2.05, 4.69) is 43.3 Å². The molecule has 0 spiro atoms. The number of carbonyl (C=O) groups is 1. The zero-order chi connectivity index (χ0) is 13.8. The summed E-state index contributed by atoms with van der Waals surface area (Å²) in [6.07, 6.45) is 0. The molecule has 0 aliphatic carbocycles. The van der Waals surface area contributed by atoms with Gasteiger partial charge in [-0.3, -0.25) is 9.69 Å². The van der Waals surface area contributed by atoms with Crippen LogP contribution in [0.2, 0.25) is 0 Å². The number of thiophene rings is 1. The number of benzene rings is 1. The molecule has 19 heavy (non-hydrogen) atoms. The summed E-state index contributed by atoms with van der Waals surface area (Å²) < 4.78 is 1.95. The minimum Gasteiger partial charge on any atom is -0.294 e. The molecule has 0 atom stereocenters. The summed E-state index contributed by atoms with van der Waals surface area (Å²) in [4.78, 5) is 15.5. The highest BCUT2D eigenvalue weighted by molar-refractivity contribution is 9.10. The van der Waals surface area contributed by atoms with Crippen LogP contribution in [0, 0.1) is 0 Å². The Hall–Kier alpha value is -0.490. The fraction of sp³-hybridized carbons (Fsp3) is 0.214. The molecule has 100 valence electrons. The minimum absolute atomic E-state index is 0.130. The van der Waals surface area contributed by atoms with E-state index in [1.165, 1.54) is 4.88 Å². The van der Waals surface area contributed by atoms with E-state index in [1.54, 1.807) is 11.3 Å². The summed E-state index contributed by atoms with van der Waals surface area (Å²) in [6.45, 7) is 1.20. The molecule has 0 saturated carbocycles. The molecule has 0 aliphatic rings. The van der Waals surface area contributed by atoms with Crippen molar-refractivity contribution >= 4 is 49.0 Å². The van der Waals surface area contributed by atoms with Gasteiger partial charge in [0.1, 0.15) is 0 Å². The van der Waals surface area contributed by atoms with E-state index in [0.29, 0.717) is 6.54 Å². The standard InChI is InChI=1S/C14H13Br2NOS/c1-17(7-11-6-10(15)9-19-11)8-14(18)12-4-2-3-5-13(12)16/h2-6,9H,7-8H2,1H3. The van der Waals surface area contributed by atoms with E-state index in [0.717, 1.165) is 21.1 Å². The molecule has 5 heteroatoms. The lowest BCUT2D eigenvalue weighted by Crippen LogP contribution is -2.25. The van der Waals surface area contributed by atoms with Crippen molar-refractivity contribution in [1.82, 2.24) is 4.90 Å². The van der Waals surface area contributed by atoms with Gasteiger partial charge in [-0.1, -0.05) is 34.1 Å². The Kier molecular flexibility index (Phi) is 5.33. The third kappa shape index (κ3) is 4.24. The number of hydrogen-bond acceptors (Lipinski definition) is 3. The summed E-state index contributed by atoms with van der Waals surface area (Å²) in [5.41, 5.74) is 0.738. The van der Waals surface area contributed by atoms with Crippen LogP contribution in [0.5, 0.6) is 0 Å². The van der Waals surface area contributed by atoms with Crippen LogP contribution in [0.3, 0.4) is 0 Å². The van der Waals surface area contributed by atoms with E-state index in [1.807, 2.05) is 36.2 Å². The minimum atomic E-state index is 0.130. The van der Waals surface area contributed by atoms with Gasteiger partial charge in [0, 0.05) is 31.3 Å². The molecule has 2 rings (SSSR count). The first-order valence-electron chi connectivity index (χ1n) is 5.75. The fourth-order valence-corrected chi connectivity index (χ4v) is 3.81. The number of ketones is 1. The van der Waals surface area contributed by atoms with Crippen molar-refractivity contribution in [2.45, 2.75) is 6.54 Å². The Morgan fingerprint density at radius 1 is 1.32 bits per heavy atom. The lowest BCUT2D eigenvalue weighted by Gasteiger charge is -2.15. The highest BCUT2D eigenvalue weighted by Crippen LogP contribution is 2.21. The molecule has 0 bridgehead atoms. The van der Waals surface area contributed by atoms with Gasteiger partial charge in [-0.2, -0.15) is 0 Å². The number of rotatable bonds is 5.